The highest BCUT2D eigenvalue weighted by molar-refractivity contribution is 7.22. The van der Waals surface area contributed by atoms with Crippen molar-refractivity contribution < 1.29 is 19.0 Å². The Kier molecular flexibility index (Phi) is 5.92. The molecular weight excluding hydrogens is 404 g/mol. The van der Waals surface area contributed by atoms with Crippen molar-refractivity contribution in [3.05, 3.63) is 29.6 Å². The van der Waals surface area contributed by atoms with Gasteiger partial charge in [0.05, 0.1) is 32.6 Å². The number of nitrogens with zero attached hydrogens (tertiary/aromatic N) is 4. The Morgan fingerprint density at radius 1 is 1.30 bits per heavy atom. The zero-order chi connectivity index (χ0) is 21.3. The second-order valence-electron chi connectivity index (χ2n) is 7.37. The molecule has 0 bridgehead atoms. The molecular formula is C21H26N4O4S. The number of fused-ring (bicyclic) bond motifs is 1. The number of thiazole rings is 1. The number of carbonyl (C=O) groups excluding carboxylic acids is 1. The van der Waals surface area contributed by atoms with Gasteiger partial charge in [-0.25, -0.2) is 4.98 Å². The van der Waals surface area contributed by atoms with E-state index in [0.29, 0.717) is 28.7 Å². The van der Waals surface area contributed by atoms with Crippen molar-refractivity contribution in [1.82, 2.24) is 14.8 Å². The van der Waals surface area contributed by atoms with Gasteiger partial charge >= 0.3 is 0 Å². The van der Waals surface area contributed by atoms with E-state index in [4.69, 9.17) is 19.2 Å². The first kappa shape index (κ1) is 20.6. The summed E-state index contributed by atoms with van der Waals surface area (Å²) < 4.78 is 19.4. The Labute approximate surface area is 179 Å². The van der Waals surface area contributed by atoms with Crippen molar-refractivity contribution in [2.24, 2.45) is 0 Å². The zero-order valence-electron chi connectivity index (χ0n) is 17.7. The molecule has 1 unspecified atom stereocenters. The van der Waals surface area contributed by atoms with Crippen LogP contribution in [0.1, 0.15) is 24.2 Å². The van der Waals surface area contributed by atoms with E-state index in [-0.39, 0.29) is 18.6 Å². The first-order valence-corrected chi connectivity index (χ1v) is 10.8. The molecule has 160 valence electrons. The fraction of sp³-hybridized carbons (Fsp3) is 0.476. The molecule has 1 fully saturated rings. The van der Waals surface area contributed by atoms with Crippen LogP contribution in [0.2, 0.25) is 0 Å². The molecule has 0 spiro atoms. The maximum Gasteiger partial charge on any atom is 0.250 e. The molecule has 2 aromatic heterocycles. The molecule has 1 aromatic carbocycles. The number of methoxy groups -OCH3 is 2. The number of ether oxygens (including phenoxy) is 3. The van der Waals surface area contributed by atoms with Gasteiger partial charge < -0.3 is 14.2 Å². The number of anilines is 1. The van der Waals surface area contributed by atoms with E-state index < -0.39 is 0 Å². The fourth-order valence-electron chi connectivity index (χ4n) is 3.72. The van der Waals surface area contributed by atoms with Crippen molar-refractivity contribution >= 4 is 32.6 Å². The molecule has 1 amide bonds. The molecule has 4 rings (SSSR count). The summed E-state index contributed by atoms with van der Waals surface area (Å²) in [5.74, 6) is 1.28. The van der Waals surface area contributed by atoms with E-state index in [0.717, 1.165) is 35.5 Å². The highest BCUT2D eigenvalue weighted by atomic mass is 32.1. The maximum atomic E-state index is 13.4. The largest absolute Gasteiger partial charge is 0.495 e. The SMILES string of the molecule is COc1ccc(OC)c2sc(N(CC3CCCO3)C(=O)Cn3nc(C)cc3C)nc12. The average Bonchev–Trinajstić information content (AvgIpc) is 3.45. The Balaban J connectivity index is 1.71. The number of amides is 1. The molecule has 0 radical (unpaired) electrons. The first-order valence-electron chi connectivity index (χ1n) is 9.94. The molecule has 1 atom stereocenters. The number of hydrogen-bond donors (Lipinski definition) is 0. The van der Waals surface area contributed by atoms with Crippen LogP contribution >= 0.6 is 11.3 Å². The number of aryl methyl sites for hydroxylation is 2. The summed E-state index contributed by atoms with van der Waals surface area (Å²) in [6, 6.07) is 5.64. The van der Waals surface area contributed by atoms with Crippen LogP contribution in [-0.4, -0.2) is 54.1 Å². The van der Waals surface area contributed by atoms with Gasteiger partial charge in [0, 0.05) is 12.3 Å². The number of rotatable bonds is 7. The summed E-state index contributed by atoms with van der Waals surface area (Å²) in [7, 11) is 3.23. The van der Waals surface area contributed by atoms with Crippen LogP contribution < -0.4 is 14.4 Å². The van der Waals surface area contributed by atoms with Gasteiger partial charge in [-0.1, -0.05) is 11.3 Å². The zero-order valence-corrected chi connectivity index (χ0v) is 18.5. The summed E-state index contributed by atoms with van der Waals surface area (Å²) in [6.07, 6.45) is 1.94. The topological polar surface area (TPSA) is 78.7 Å². The third kappa shape index (κ3) is 3.99. The van der Waals surface area contributed by atoms with Gasteiger partial charge in [0.25, 0.3) is 5.91 Å². The third-order valence-electron chi connectivity index (χ3n) is 5.23. The van der Waals surface area contributed by atoms with Crippen molar-refractivity contribution in [3.8, 4) is 11.5 Å². The Morgan fingerprint density at radius 3 is 2.70 bits per heavy atom. The predicted octanol–water partition coefficient (Wildman–Crippen LogP) is 3.34. The molecule has 3 aromatic rings. The Morgan fingerprint density at radius 2 is 2.07 bits per heavy atom. The van der Waals surface area contributed by atoms with Crippen LogP contribution in [0.25, 0.3) is 10.2 Å². The van der Waals surface area contributed by atoms with Gasteiger partial charge in [-0.2, -0.15) is 5.10 Å². The van der Waals surface area contributed by atoms with E-state index >= 15 is 0 Å². The van der Waals surface area contributed by atoms with Gasteiger partial charge in [-0.3, -0.25) is 14.4 Å². The summed E-state index contributed by atoms with van der Waals surface area (Å²) in [4.78, 5) is 19.8. The molecule has 1 aliphatic heterocycles. The minimum absolute atomic E-state index is 0.00482. The number of benzene rings is 1. The summed E-state index contributed by atoms with van der Waals surface area (Å²) >= 11 is 1.42. The number of carbonyl (C=O) groups is 1. The van der Waals surface area contributed by atoms with Gasteiger partial charge in [0.1, 0.15) is 28.3 Å². The van der Waals surface area contributed by atoms with Crippen molar-refractivity contribution in [2.45, 2.75) is 39.3 Å². The second kappa shape index (κ2) is 8.61. The lowest BCUT2D eigenvalue weighted by atomic mass is 10.2. The first-order chi connectivity index (χ1) is 14.5. The van der Waals surface area contributed by atoms with E-state index in [2.05, 4.69) is 5.10 Å². The molecule has 0 N–H and O–H groups in total. The average molecular weight is 431 g/mol. The van der Waals surface area contributed by atoms with Crippen LogP contribution in [0.15, 0.2) is 18.2 Å². The van der Waals surface area contributed by atoms with E-state index in [9.17, 15) is 4.79 Å². The minimum atomic E-state index is -0.0753. The van der Waals surface area contributed by atoms with Gasteiger partial charge in [0.15, 0.2) is 5.13 Å². The lowest BCUT2D eigenvalue weighted by Crippen LogP contribution is -2.39. The smallest absolute Gasteiger partial charge is 0.250 e. The highest BCUT2D eigenvalue weighted by Gasteiger charge is 2.28. The van der Waals surface area contributed by atoms with Crippen LogP contribution in [0, 0.1) is 13.8 Å². The van der Waals surface area contributed by atoms with Crippen molar-refractivity contribution in [1.29, 1.82) is 0 Å². The van der Waals surface area contributed by atoms with E-state index in [1.165, 1.54) is 11.3 Å². The molecule has 8 nitrogen and oxygen atoms in total. The molecule has 9 heteroatoms. The predicted molar refractivity (Wildman–Crippen MR) is 116 cm³/mol. The number of hydrogen-bond acceptors (Lipinski definition) is 7. The molecule has 3 heterocycles. The van der Waals surface area contributed by atoms with Crippen molar-refractivity contribution in [2.75, 3.05) is 32.3 Å². The van der Waals surface area contributed by atoms with Gasteiger partial charge in [-0.05, 0) is 44.9 Å². The second-order valence-corrected chi connectivity index (χ2v) is 8.35. The molecule has 1 saturated heterocycles. The Hall–Kier alpha value is -2.65. The fourth-order valence-corrected chi connectivity index (χ4v) is 4.82. The van der Waals surface area contributed by atoms with E-state index in [1.807, 2.05) is 32.0 Å². The molecule has 1 aliphatic rings. The lowest BCUT2D eigenvalue weighted by molar-refractivity contribution is -0.119. The number of aromatic nitrogens is 3. The van der Waals surface area contributed by atoms with Crippen molar-refractivity contribution in [3.63, 3.8) is 0 Å². The summed E-state index contributed by atoms with van der Waals surface area (Å²) in [6.45, 7) is 5.21. The monoisotopic (exact) mass is 430 g/mol. The van der Waals surface area contributed by atoms with Gasteiger partial charge in [0.2, 0.25) is 0 Å². The summed E-state index contributed by atoms with van der Waals surface area (Å²) in [5, 5.41) is 5.04. The third-order valence-corrected chi connectivity index (χ3v) is 6.32. The quantitative estimate of drug-likeness (QED) is 0.572. The molecule has 0 aliphatic carbocycles. The Bertz CT molecular complexity index is 1010. The highest BCUT2D eigenvalue weighted by Crippen LogP contribution is 2.40. The lowest BCUT2D eigenvalue weighted by Gasteiger charge is -2.23. The van der Waals surface area contributed by atoms with Crippen LogP contribution in [0.3, 0.4) is 0 Å². The van der Waals surface area contributed by atoms with Crippen LogP contribution in [0.5, 0.6) is 11.5 Å². The maximum absolute atomic E-state index is 13.4. The van der Waals surface area contributed by atoms with Crippen LogP contribution in [-0.2, 0) is 16.1 Å². The summed E-state index contributed by atoms with van der Waals surface area (Å²) in [5.41, 5.74) is 2.53. The minimum Gasteiger partial charge on any atom is -0.495 e. The van der Waals surface area contributed by atoms with Gasteiger partial charge in [-0.15, -0.1) is 0 Å². The van der Waals surface area contributed by atoms with Crippen LogP contribution in [0.4, 0.5) is 5.13 Å². The van der Waals surface area contributed by atoms with E-state index in [1.54, 1.807) is 23.8 Å². The normalized spacial score (nSPS) is 16.2. The molecule has 0 saturated carbocycles. The standard InChI is InChI=1S/C21H26N4O4S/c1-13-10-14(2)25(23-13)12-18(26)24(11-15-6-5-9-29-15)21-22-19-16(27-3)7-8-17(28-4)20(19)30-21/h7-8,10,15H,5-6,9,11-12H2,1-4H3. The molecule has 30 heavy (non-hydrogen) atoms.